The molecule has 2 nitrogen and oxygen atoms in total. The zero-order valence-corrected chi connectivity index (χ0v) is 10.1. The molecule has 0 radical (unpaired) electrons. The quantitative estimate of drug-likeness (QED) is 0.556. The monoisotopic (exact) mass is 229 g/mol. The number of fused-ring (bicyclic) bond motifs is 1. The second-order valence-corrected chi connectivity index (χ2v) is 4.21. The van der Waals surface area contributed by atoms with Crippen LogP contribution < -0.4 is 4.74 Å². The van der Waals surface area contributed by atoms with Crippen molar-refractivity contribution in [2.75, 3.05) is 6.61 Å². The van der Waals surface area contributed by atoms with E-state index in [1.54, 1.807) is 0 Å². The number of hydrogen-bond acceptors (Lipinski definition) is 1. The van der Waals surface area contributed by atoms with Gasteiger partial charge in [0.15, 0.2) is 0 Å². The summed E-state index contributed by atoms with van der Waals surface area (Å²) in [4.78, 5) is 3.17. The topological polar surface area (TPSA) is 25.0 Å². The largest absolute Gasteiger partial charge is 0.494 e. The number of hydrogen-bond donors (Lipinski definition) is 1. The van der Waals surface area contributed by atoms with Gasteiger partial charge in [-0.3, -0.25) is 0 Å². The van der Waals surface area contributed by atoms with Gasteiger partial charge in [-0.2, -0.15) is 0 Å². The smallest absolute Gasteiger partial charge is 0.120 e. The molecule has 0 atom stereocenters. The molecule has 0 fully saturated rings. The van der Waals surface area contributed by atoms with Gasteiger partial charge in [-0.05, 0) is 49.9 Å². The van der Waals surface area contributed by atoms with E-state index in [-0.39, 0.29) is 0 Å². The molecule has 0 bridgehead atoms. The van der Waals surface area contributed by atoms with Crippen LogP contribution in [0.5, 0.6) is 5.75 Å². The van der Waals surface area contributed by atoms with Crippen molar-refractivity contribution in [1.29, 1.82) is 0 Å². The Labute approximate surface area is 102 Å². The summed E-state index contributed by atoms with van der Waals surface area (Å²) < 4.78 is 5.72. The Bertz CT molecular complexity index is 472. The van der Waals surface area contributed by atoms with E-state index in [0.717, 1.165) is 30.7 Å². The van der Waals surface area contributed by atoms with E-state index in [9.17, 15) is 0 Å². The van der Waals surface area contributed by atoms with E-state index in [1.807, 2.05) is 18.3 Å². The molecule has 1 aromatic heterocycles. The predicted octanol–water partition coefficient (Wildman–Crippen LogP) is 4.29. The first-order valence-electron chi connectivity index (χ1n) is 6.21. The normalized spacial score (nSPS) is 10.6. The van der Waals surface area contributed by atoms with E-state index in [4.69, 9.17) is 4.74 Å². The van der Waals surface area contributed by atoms with E-state index in [0.29, 0.717) is 0 Å². The van der Waals surface area contributed by atoms with Crippen molar-refractivity contribution in [2.45, 2.75) is 25.7 Å². The van der Waals surface area contributed by atoms with Gasteiger partial charge in [-0.1, -0.05) is 6.08 Å². The van der Waals surface area contributed by atoms with Gasteiger partial charge in [0.25, 0.3) is 0 Å². The molecule has 2 heteroatoms. The summed E-state index contributed by atoms with van der Waals surface area (Å²) in [6, 6.07) is 8.22. The molecule has 17 heavy (non-hydrogen) atoms. The molecule has 0 spiro atoms. The van der Waals surface area contributed by atoms with Crippen LogP contribution in [0.4, 0.5) is 0 Å². The van der Waals surface area contributed by atoms with Gasteiger partial charge in [0.2, 0.25) is 0 Å². The molecule has 0 aliphatic heterocycles. The summed E-state index contributed by atoms with van der Waals surface area (Å²) >= 11 is 0. The number of ether oxygens (including phenoxy) is 1. The maximum Gasteiger partial charge on any atom is 0.120 e. The highest BCUT2D eigenvalue weighted by atomic mass is 16.5. The van der Waals surface area contributed by atoms with Crippen LogP contribution in [-0.2, 0) is 0 Å². The Morgan fingerprint density at radius 1 is 1.18 bits per heavy atom. The Hall–Kier alpha value is -1.70. The summed E-state index contributed by atoms with van der Waals surface area (Å²) in [5.41, 5.74) is 1.16. The van der Waals surface area contributed by atoms with Gasteiger partial charge >= 0.3 is 0 Å². The number of aromatic nitrogens is 1. The summed E-state index contributed by atoms with van der Waals surface area (Å²) in [5, 5.41) is 1.20. The summed E-state index contributed by atoms with van der Waals surface area (Å²) in [7, 11) is 0. The predicted molar refractivity (Wildman–Crippen MR) is 72.5 cm³/mol. The number of aromatic amines is 1. The highest BCUT2D eigenvalue weighted by Crippen LogP contribution is 2.19. The molecule has 1 aromatic carbocycles. The van der Waals surface area contributed by atoms with Crippen molar-refractivity contribution in [2.24, 2.45) is 0 Å². The number of benzene rings is 1. The third-order valence-electron chi connectivity index (χ3n) is 2.85. The molecule has 0 saturated heterocycles. The second kappa shape index (κ2) is 6.14. The Balaban J connectivity index is 1.76. The summed E-state index contributed by atoms with van der Waals surface area (Å²) in [5.74, 6) is 0.959. The van der Waals surface area contributed by atoms with Crippen LogP contribution in [0.25, 0.3) is 10.9 Å². The maximum atomic E-state index is 5.72. The molecule has 2 rings (SSSR count). The fourth-order valence-electron chi connectivity index (χ4n) is 1.88. The Kier molecular flexibility index (Phi) is 4.25. The molecule has 1 heterocycles. The average molecular weight is 229 g/mol. The van der Waals surface area contributed by atoms with Crippen LogP contribution in [0.2, 0.25) is 0 Å². The lowest BCUT2D eigenvalue weighted by Crippen LogP contribution is -1.96. The van der Waals surface area contributed by atoms with E-state index in [2.05, 4.69) is 29.8 Å². The molecule has 0 unspecified atom stereocenters. The SMILES string of the molecule is C=CCCCCCOc1ccc2[nH]ccc2c1. The van der Waals surface area contributed by atoms with Crippen molar-refractivity contribution in [3.8, 4) is 5.75 Å². The van der Waals surface area contributed by atoms with E-state index < -0.39 is 0 Å². The van der Waals surface area contributed by atoms with Gasteiger partial charge in [0, 0.05) is 17.1 Å². The minimum absolute atomic E-state index is 0.799. The highest BCUT2D eigenvalue weighted by Gasteiger charge is 1.97. The van der Waals surface area contributed by atoms with E-state index in [1.165, 1.54) is 18.2 Å². The van der Waals surface area contributed by atoms with Gasteiger partial charge in [0.05, 0.1) is 6.61 Å². The standard InChI is InChI=1S/C15H19NO/c1-2-3-4-5-6-11-17-14-7-8-15-13(12-14)9-10-16-15/h2,7-10,12,16H,1,3-6,11H2. The lowest BCUT2D eigenvalue weighted by Gasteiger charge is -2.05. The zero-order chi connectivity index (χ0) is 11.9. The molecule has 1 N–H and O–H groups in total. The Morgan fingerprint density at radius 3 is 3.00 bits per heavy atom. The Morgan fingerprint density at radius 2 is 2.12 bits per heavy atom. The average Bonchev–Trinajstić information content (AvgIpc) is 2.81. The zero-order valence-electron chi connectivity index (χ0n) is 10.1. The third kappa shape index (κ3) is 3.38. The molecule has 0 aliphatic carbocycles. The number of nitrogens with one attached hydrogen (secondary N) is 1. The highest BCUT2D eigenvalue weighted by molar-refractivity contribution is 5.80. The van der Waals surface area contributed by atoms with Gasteiger partial charge in [-0.25, -0.2) is 0 Å². The molecule has 90 valence electrons. The number of unbranched alkanes of at least 4 members (excludes halogenated alkanes) is 3. The number of H-pyrrole nitrogens is 1. The molecular weight excluding hydrogens is 210 g/mol. The van der Waals surface area contributed by atoms with Gasteiger partial charge < -0.3 is 9.72 Å². The van der Waals surface area contributed by atoms with Crippen LogP contribution in [0.1, 0.15) is 25.7 Å². The van der Waals surface area contributed by atoms with E-state index >= 15 is 0 Å². The van der Waals surface area contributed by atoms with Crippen LogP contribution in [0.15, 0.2) is 43.1 Å². The van der Waals surface area contributed by atoms with Gasteiger partial charge in [0.1, 0.15) is 5.75 Å². The van der Waals surface area contributed by atoms with Crippen molar-refractivity contribution in [1.82, 2.24) is 4.98 Å². The lowest BCUT2D eigenvalue weighted by atomic mass is 10.2. The van der Waals surface area contributed by atoms with Crippen LogP contribution in [0, 0.1) is 0 Å². The second-order valence-electron chi connectivity index (χ2n) is 4.21. The summed E-state index contributed by atoms with van der Waals surface area (Å²) in [6.45, 7) is 4.51. The first-order valence-corrected chi connectivity index (χ1v) is 6.21. The van der Waals surface area contributed by atoms with Crippen molar-refractivity contribution < 1.29 is 4.74 Å². The molecular formula is C15H19NO. The molecule has 2 aromatic rings. The molecule has 0 aliphatic rings. The third-order valence-corrected chi connectivity index (χ3v) is 2.85. The number of rotatable bonds is 7. The van der Waals surface area contributed by atoms with Crippen LogP contribution in [0.3, 0.4) is 0 Å². The van der Waals surface area contributed by atoms with Crippen LogP contribution >= 0.6 is 0 Å². The summed E-state index contributed by atoms with van der Waals surface area (Å²) in [6.07, 6.45) is 8.56. The van der Waals surface area contributed by atoms with Crippen LogP contribution in [-0.4, -0.2) is 11.6 Å². The van der Waals surface area contributed by atoms with Gasteiger partial charge in [-0.15, -0.1) is 6.58 Å². The minimum Gasteiger partial charge on any atom is -0.494 e. The van der Waals surface area contributed by atoms with Crippen molar-refractivity contribution in [3.63, 3.8) is 0 Å². The number of allylic oxidation sites excluding steroid dienone is 1. The minimum atomic E-state index is 0.799. The van der Waals surface area contributed by atoms with Crippen molar-refractivity contribution >= 4 is 10.9 Å². The fourth-order valence-corrected chi connectivity index (χ4v) is 1.88. The first-order chi connectivity index (χ1) is 8.40. The fraction of sp³-hybridized carbons (Fsp3) is 0.333. The van der Waals surface area contributed by atoms with Crippen molar-refractivity contribution in [3.05, 3.63) is 43.1 Å². The maximum absolute atomic E-state index is 5.72. The molecule has 0 saturated carbocycles. The first kappa shape index (κ1) is 11.8. The molecule has 0 amide bonds. The lowest BCUT2D eigenvalue weighted by molar-refractivity contribution is 0.306.